The predicted octanol–water partition coefficient (Wildman–Crippen LogP) is 4.17. The second-order valence-electron chi connectivity index (χ2n) is 4.52. The maximum absolute atomic E-state index is 11.8. The van der Waals surface area contributed by atoms with Crippen molar-refractivity contribution in [3.8, 4) is 0 Å². The highest BCUT2D eigenvalue weighted by atomic mass is 35.5. The summed E-state index contributed by atoms with van der Waals surface area (Å²) in [5.74, 6) is 2.65. The molecule has 1 aromatic carbocycles. The first-order valence-corrected chi connectivity index (χ1v) is 8.13. The smallest absolute Gasteiger partial charge is 0.224 e. The number of nitrogen functional groups attached to an aromatic ring is 1. The number of nitrogens with two attached hydrogens (primary N) is 1. The molecule has 0 unspecified atom stereocenters. The van der Waals surface area contributed by atoms with Crippen LogP contribution in [0.15, 0.2) is 41.0 Å². The number of hydrogen-bond donors (Lipinski definition) is 2. The van der Waals surface area contributed by atoms with E-state index < -0.39 is 0 Å². The number of anilines is 2. The molecule has 0 fully saturated rings. The van der Waals surface area contributed by atoms with Gasteiger partial charge in [0.1, 0.15) is 5.76 Å². The van der Waals surface area contributed by atoms with Crippen LogP contribution in [0.5, 0.6) is 0 Å². The fraction of sp³-hybridized carbons (Fsp3) is 0.267. The average Bonchev–Trinajstić information content (AvgIpc) is 2.95. The molecular weight excluding hydrogens is 308 g/mol. The molecule has 2 aromatic rings. The van der Waals surface area contributed by atoms with Crippen molar-refractivity contribution in [1.29, 1.82) is 0 Å². The van der Waals surface area contributed by atoms with Crippen LogP contribution in [0.1, 0.15) is 18.6 Å². The minimum Gasteiger partial charge on any atom is -0.468 e. The standard InChI is InChI=1S/C15H17ClN2O2S/c16-13-9-11(17)5-6-14(13)18-15(19)4-2-8-21-10-12-3-1-7-20-12/h1,3,5-7,9H,2,4,8,10,17H2,(H,18,19). The third-order valence-corrected chi connectivity index (χ3v) is 4.16. The van der Waals surface area contributed by atoms with Crippen LogP contribution < -0.4 is 11.1 Å². The molecular formula is C15H17ClN2O2S. The Morgan fingerprint density at radius 2 is 2.24 bits per heavy atom. The summed E-state index contributed by atoms with van der Waals surface area (Å²) in [5, 5.41) is 3.24. The largest absolute Gasteiger partial charge is 0.468 e. The van der Waals surface area contributed by atoms with E-state index in [-0.39, 0.29) is 5.91 Å². The van der Waals surface area contributed by atoms with Gasteiger partial charge in [0.15, 0.2) is 0 Å². The van der Waals surface area contributed by atoms with E-state index in [1.807, 2.05) is 12.1 Å². The summed E-state index contributed by atoms with van der Waals surface area (Å²) in [7, 11) is 0. The highest BCUT2D eigenvalue weighted by Gasteiger charge is 2.06. The molecule has 0 spiro atoms. The summed E-state index contributed by atoms with van der Waals surface area (Å²) < 4.78 is 5.24. The maximum Gasteiger partial charge on any atom is 0.224 e. The van der Waals surface area contributed by atoms with Crippen molar-refractivity contribution in [2.24, 2.45) is 0 Å². The van der Waals surface area contributed by atoms with Gasteiger partial charge in [0.2, 0.25) is 5.91 Å². The Labute approximate surface area is 133 Å². The Balaban J connectivity index is 1.65. The van der Waals surface area contributed by atoms with Crippen molar-refractivity contribution in [2.45, 2.75) is 18.6 Å². The van der Waals surface area contributed by atoms with Gasteiger partial charge in [0, 0.05) is 12.1 Å². The molecule has 1 heterocycles. The minimum absolute atomic E-state index is 0.0414. The number of thioether (sulfide) groups is 1. The first-order chi connectivity index (χ1) is 10.1. The van der Waals surface area contributed by atoms with Gasteiger partial charge in [-0.1, -0.05) is 11.6 Å². The van der Waals surface area contributed by atoms with Gasteiger partial charge in [-0.2, -0.15) is 11.8 Å². The highest BCUT2D eigenvalue weighted by molar-refractivity contribution is 7.98. The molecule has 0 radical (unpaired) electrons. The van der Waals surface area contributed by atoms with Crippen molar-refractivity contribution in [3.63, 3.8) is 0 Å². The van der Waals surface area contributed by atoms with E-state index in [0.29, 0.717) is 22.8 Å². The van der Waals surface area contributed by atoms with Crippen LogP contribution in [0.25, 0.3) is 0 Å². The number of carbonyl (C=O) groups is 1. The molecule has 3 N–H and O–H groups in total. The lowest BCUT2D eigenvalue weighted by Gasteiger charge is -2.07. The summed E-state index contributed by atoms with van der Waals surface area (Å²) in [4.78, 5) is 11.8. The van der Waals surface area contributed by atoms with Crippen LogP contribution in [-0.2, 0) is 10.5 Å². The van der Waals surface area contributed by atoms with Crippen LogP contribution in [0.2, 0.25) is 5.02 Å². The van der Waals surface area contributed by atoms with Crippen molar-refractivity contribution in [2.75, 3.05) is 16.8 Å². The van der Waals surface area contributed by atoms with E-state index in [2.05, 4.69) is 5.32 Å². The topological polar surface area (TPSA) is 68.3 Å². The average molecular weight is 325 g/mol. The monoisotopic (exact) mass is 324 g/mol. The van der Waals surface area contributed by atoms with E-state index in [4.69, 9.17) is 21.8 Å². The number of benzene rings is 1. The summed E-state index contributed by atoms with van der Waals surface area (Å²) >= 11 is 7.75. The van der Waals surface area contributed by atoms with E-state index in [0.717, 1.165) is 23.7 Å². The highest BCUT2D eigenvalue weighted by Crippen LogP contribution is 2.24. The molecule has 112 valence electrons. The molecule has 1 amide bonds. The van der Waals surface area contributed by atoms with E-state index in [9.17, 15) is 4.79 Å². The molecule has 0 aliphatic rings. The molecule has 0 aliphatic carbocycles. The fourth-order valence-electron chi connectivity index (χ4n) is 1.75. The van der Waals surface area contributed by atoms with Crippen molar-refractivity contribution >= 4 is 40.6 Å². The zero-order valence-electron chi connectivity index (χ0n) is 11.5. The molecule has 2 rings (SSSR count). The van der Waals surface area contributed by atoms with Crippen molar-refractivity contribution < 1.29 is 9.21 Å². The second kappa shape index (κ2) is 8.00. The second-order valence-corrected chi connectivity index (χ2v) is 6.04. The number of hydrogen-bond acceptors (Lipinski definition) is 4. The first-order valence-electron chi connectivity index (χ1n) is 6.60. The van der Waals surface area contributed by atoms with Gasteiger partial charge in [-0.15, -0.1) is 0 Å². The lowest BCUT2D eigenvalue weighted by Crippen LogP contribution is -2.11. The normalized spacial score (nSPS) is 10.5. The molecule has 4 nitrogen and oxygen atoms in total. The molecule has 0 atom stereocenters. The number of rotatable bonds is 7. The summed E-state index contributed by atoms with van der Waals surface area (Å²) in [6, 6.07) is 8.86. The maximum atomic E-state index is 11.8. The van der Waals surface area contributed by atoms with Crippen LogP contribution in [0.3, 0.4) is 0 Å². The van der Waals surface area contributed by atoms with Crippen molar-refractivity contribution in [3.05, 3.63) is 47.4 Å². The van der Waals surface area contributed by atoms with Gasteiger partial charge in [-0.05, 0) is 42.5 Å². The van der Waals surface area contributed by atoms with Crippen LogP contribution in [0.4, 0.5) is 11.4 Å². The molecule has 0 saturated carbocycles. The van der Waals surface area contributed by atoms with E-state index in [1.54, 1.807) is 36.2 Å². The lowest BCUT2D eigenvalue weighted by molar-refractivity contribution is -0.116. The Morgan fingerprint density at radius 3 is 2.95 bits per heavy atom. The number of halogens is 1. The molecule has 1 aromatic heterocycles. The molecule has 0 saturated heterocycles. The lowest BCUT2D eigenvalue weighted by atomic mass is 10.2. The van der Waals surface area contributed by atoms with Gasteiger partial charge in [-0.3, -0.25) is 4.79 Å². The number of carbonyl (C=O) groups excluding carboxylic acids is 1. The number of amides is 1. The quantitative estimate of drug-likeness (QED) is 0.592. The van der Waals surface area contributed by atoms with Gasteiger partial charge in [0.25, 0.3) is 0 Å². The van der Waals surface area contributed by atoms with Crippen LogP contribution >= 0.6 is 23.4 Å². The third kappa shape index (κ3) is 5.36. The fourth-order valence-corrected chi connectivity index (χ4v) is 2.84. The molecule has 0 aliphatic heterocycles. The predicted molar refractivity (Wildman–Crippen MR) is 88.6 cm³/mol. The molecule has 6 heteroatoms. The van der Waals surface area contributed by atoms with Gasteiger partial charge in [-0.25, -0.2) is 0 Å². The Bertz CT molecular complexity index is 587. The zero-order chi connectivity index (χ0) is 15.1. The Morgan fingerprint density at radius 1 is 1.38 bits per heavy atom. The number of furan rings is 1. The summed E-state index contributed by atoms with van der Waals surface area (Å²) in [6.07, 6.45) is 2.94. The summed E-state index contributed by atoms with van der Waals surface area (Å²) in [6.45, 7) is 0. The third-order valence-electron chi connectivity index (χ3n) is 2.78. The minimum atomic E-state index is -0.0414. The zero-order valence-corrected chi connectivity index (χ0v) is 13.0. The Hall–Kier alpha value is -1.59. The van der Waals surface area contributed by atoms with Crippen molar-refractivity contribution in [1.82, 2.24) is 0 Å². The van der Waals surface area contributed by atoms with Crippen LogP contribution in [0, 0.1) is 0 Å². The van der Waals surface area contributed by atoms with E-state index in [1.165, 1.54) is 0 Å². The van der Waals surface area contributed by atoms with Gasteiger partial charge in [0.05, 0.1) is 22.7 Å². The molecule has 0 bridgehead atoms. The van der Waals surface area contributed by atoms with Crippen LogP contribution in [-0.4, -0.2) is 11.7 Å². The SMILES string of the molecule is Nc1ccc(NC(=O)CCCSCc2ccco2)c(Cl)c1. The molecule has 21 heavy (non-hydrogen) atoms. The Kier molecular flexibility index (Phi) is 6.02. The van der Waals surface area contributed by atoms with Gasteiger partial charge >= 0.3 is 0 Å². The van der Waals surface area contributed by atoms with Gasteiger partial charge < -0.3 is 15.5 Å². The first kappa shape index (κ1) is 15.8. The number of nitrogens with one attached hydrogen (secondary N) is 1. The summed E-state index contributed by atoms with van der Waals surface area (Å²) in [5.41, 5.74) is 6.78. The van der Waals surface area contributed by atoms with E-state index >= 15 is 0 Å².